The minimum Gasteiger partial charge on any atom is -0.464 e. The molecule has 1 amide bonds. The van der Waals surface area contributed by atoms with E-state index < -0.39 is 12.0 Å². The van der Waals surface area contributed by atoms with Gasteiger partial charge in [0.15, 0.2) is 5.78 Å². The van der Waals surface area contributed by atoms with Gasteiger partial charge in [0, 0.05) is 29.4 Å². The largest absolute Gasteiger partial charge is 0.464 e. The lowest BCUT2D eigenvalue weighted by Gasteiger charge is -2.29. The Hall–Kier alpha value is -2.89. The van der Waals surface area contributed by atoms with Crippen molar-refractivity contribution in [3.8, 4) is 0 Å². The average Bonchev–Trinajstić information content (AvgIpc) is 3.52. The lowest BCUT2D eigenvalue weighted by Crippen LogP contribution is -2.45. The third-order valence-electron chi connectivity index (χ3n) is 5.98. The van der Waals surface area contributed by atoms with Crippen LogP contribution in [0, 0.1) is 20.8 Å². The van der Waals surface area contributed by atoms with E-state index in [0.29, 0.717) is 28.9 Å². The Labute approximate surface area is 177 Å². The predicted octanol–water partition coefficient (Wildman–Crippen LogP) is 4.10. The Morgan fingerprint density at radius 1 is 1.13 bits per heavy atom. The highest BCUT2D eigenvalue weighted by atomic mass is 16.5. The van der Waals surface area contributed by atoms with E-state index in [-0.39, 0.29) is 17.7 Å². The van der Waals surface area contributed by atoms with Crippen molar-refractivity contribution in [2.24, 2.45) is 0 Å². The molecule has 0 spiro atoms. The van der Waals surface area contributed by atoms with Gasteiger partial charge in [0.05, 0.1) is 13.2 Å². The van der Waals surface area contributed by atoms with E-state index >= 15 is 0 Å². The molecule has 0 aliphatic heterocycles. The molecule has 1 saturated carbocycles. The predicted molar refractivity (Wildman–Crippen MR) is 115 cm³/mol. The van der Waals surface area contributed by atoms with Crippen LogP contribution in [0.4, 0.5) is 0 Å². The minimum absolute atomic E-state index is 0.0757. The van der Waals surface area contributed by atoms with Crippen molar-refractivity contribution in [1.29, 1.82) is 0 Å². The molecule has 0 saturated heterocycles. The van der Waals surface area contributed by atoms with Crippen LogP contribution in [0.15, 0.2) is 24.3 Å². The fraction of sp³-hybridized carbons (Fsp3) is 0.458. The lowest BCUT2D eigenvalue weighted by molar-refractivity contribution is 0.0586. The summed E-state index contributed by atoms with van der Waals surface area (Å²) in [6, 6.07) is 6.88. The highest BCUT2D eigenvalue weighted by molar-refractivity contribution is 6.07. The van der Waals surface area contributed by atoms with Crippen LogP contribution >= 0.6 is 0 Å². The van der Waals surface area contributed by atoms with Crippen molar-refractivity contribution < 1.29 is 19.1 Å². The molecule has 0 bridgehead atoms. The molecule has 1 aliphatic rings. The molecule has 1 atom stereocenters. The molecule has 0 radical (unpaired) electrons. The zero-order valence-corrected chi connectivity index (χ0v) is 18.6. The summed E-state index contributed by atoms with van der Waals surface area (Å²) in [7, 11) is 1.34. The van der Waals surface area contributed by atoms with Gasteiger partial charge in [-0.05, 0) is 65.2 Å². The highest BCUT2D eigenvalue weighted by Gasteiger charge is 2.40. The van der Waals surface area contributed by atoms with Crippen LogP contribution in [0.3, 0.4) is 0 Å². The van der Waals surface area contributed by atoms with Crippen LogP contribution < -0.4 is 0 Å². The molecule has 6 heteroatoms. The molecule has 1 fully saturated rings. The van der Waals surface area contributed by atoms with Gasteiger partial charge in [0.25, 0.3) is 5.91 Å². The van der Waals surface area contributed by atoms with Crippen molar-refractivity contribution in [3.05, 3.63) is 57.9 Å². The third kappa shape index (κ3) is 3.78. The molecular formula is C24H30N2O4. The van der Waals surface area contributed by atoms with Crippen LogP contribution in [-0.2, 0) is 11.3 Å². The fourth-order valence-corrected chi connectivity index (χ4v) is 4.20. The molecule has 1 aromatic carbocycles. The van der Waals surface area contributed by atoms with Crippen molar-refractivity contribution >= 4 is 17.7 Å². The quantitative estimate of drug-likeness (QED) is 0.509. The molecule has 0 unspecified atom stereocenters. The standard InChI is InChI=1S/C24H30N2O4/c1-7-25-16(4)20(15(3)21(25)24(29)30-6)22(27)17(5)26(19-12-13-19)23(28)18-10-8-14(2)9-11-18/h8-11,17,19H,7,12-13H2,1-6H3/t17-/m1/s1. The van der Waals surface area contributed by atoms with Crippen LogP contribution in [0.25, 0.3) is 0 Å². The zero-order valence-electron chi connectivity index (χ0n) is 18.6. The Bertz CT molecular complexity index is 984. The first-order chi connectivity index (χ1) is 14.2. The number of carbonyl (C=O) groups excluding carboxylic acids is 3. The van der Waals surface area contributed by atoms with Crippen LogP contribution in [0.5, 0.6) is 0 Å². The maximum absolute atomic E-state index is 13.6. The normalized spacial score (nSPS) is 14.3. The van der Waals surface area contributed by atoms with Gasteiger partial charge in [-0.15, -0.1) is 0 Å². The molecule has 1 aliphatic carbocycles. The number of esters is 1. The van der Waals surface area contributed by atoms with Gasteiger partial charge < -0.3 is 14.2 Å². The van der Waals surface area contributed by atoms with Gasteiger partial charge in [-0.3, -0.25) is 9.59 Å². The van der Waals surface area contributed by atoms with Crippen molar-refractivity contribution in [1.82, 2.24) is 9.47 Å². The second kappa shape index (κ2) is 8.46. The average molecular weight is 411 g/mol. The number of carbonyl (C=O) groups is 3. The van der Waals surface area contributed by atoms with E-state index in [4.69, 9.17) is 4.74 Å². The number of ether oxygens (including phenoxy) is 1. The second-order valence-electron chi connectivity index (χ2n) is 8.02. The summed E-state index contributed by atoms with van der Waals surface area (Å²) in [4.78, 5) is 40.9. The molecule has 0 N–H and O–H groups in total. The number of benzene rings is 1. The molecule has 1 heterocycles. The number of ketones is 1. The third-order valence-corrected chi connectivity index (χ3v) is 5.98. The van der Waals surface area contributed by atoms with Gasteiger partial charge in [0.2, 0.25) is 0 Å². The van der Waals surface area contributed by atoms with Crippen molar-refractivity contribution in [3.63, 3.8) is 0 Å². The number of nitrogens with zero attached hydrogens (tertiary/aromatic N) is 2. The van der Waals surface area contributed by atoms with Gasteiger partial charge in [-0.2, -0.15) is 0 Å². The number of amides is 1. The summed E-state index contributed by atoms with van der Waals surface area (Å²) in [5.74, 6) is -0.731. The topological polar surface area (TPSA) is 68.6 Å². The van der Waals surface area contributed by atoms with E-state index in [9.17, 15) is 14.4 Å². The molecule has 3 rings (SSSR count). The first kappa shape index (κ1) is 21.8. The Morgan fingerprint density at radius 3 is 2.23 bits per heavy atom. The Morgan fingerprint density at radius 2 is 1.73 bits per heavy atom. The molecule has 30 heavy (non-hydrogen) atoms. The maximum atomic E-state index is 13.6. The van der Waals surface area contributed by atoms with Crippen LogP contribution in [0.1, 0.15) is 74.7 Å². The van der Waals surface area contributed by atoms with Gasteiger partial charge >= 0.3 is 5.97 Å². The monoisotopic (exact) mass is 410 g/mol. The van der Waals surface area contributed by atoms with E-state index in [1.165, 1.54) is 7.11 Å². The van der Waals surface area contributed by atoms with E-state index in [2.05, 4.69) is 0 Å². The molecule has 1 aromatic heterocycles. The number of Topliss-reactive ketones (excluding diaryl/α,β-unsaturated/α-hetero) is 1. The van der Waals surface area contributed by atoms with Crippen molar-refractivity contribution in [2.45, 2.75) is 66.1 Å². The smallest absolute Gasteiger partial charge is 0.354 e. The fourth-order valence-electron chi connectivity index (χ4n) is 4.20. The van der Waals surface area contributed by atoms with Gasteiger partial charge in [-0.1, -0.05) is 17.7 Å². The Kier molecular flexibility index (Phi) is 6.15. The Balaban J connectivity index is 1.99. The van der Waals surface area contributed by atoms with Crippen LogP contribution in [-0.4, -0.2) is 46.3 Å². The molecule has 6 nitrogen and oxygen atoms in total. The SMILES string of the molecule is CCn1c(C)c(C(=O)[C@@H](C)N(C(=O)c2ccc(C)cc2)C2CC2)c(C)c1C(=O)OC. The summed E-state index contributed by atoms with van der Waals surface area (Å²) in [5.41, 5.74) is 3.91. The number of methoxy groups -OCH3 is 1. The number of hydrogen-bond acceptors (Lipinski definition) is 4. The maximum Gasteiger partial charge on any atom is 0.354 e. The number of hydrogen-bond donors (Lipinski definition) is 0. The van der Waals surface area contributed by atoms with Crippen LogP contribution in [0.2, 0.25) is 0 Å². The lowest BCUT2D eigenvalue weighted by atomic mass is 9.99. The van der Waals surface area contributed by atoms with Crippen molar-refractivity contribution in [2.75, 3.05) is 7.11 Å². The zero-order chi connectivity index (χ0) is 22.2. The number of aromatic nitrogens is 1. The summed E-state index contributed by atoms with van der Waals surface area (Å²) in [6.45, 7) is 9.84. The summed E-state index contributed by atoms with van der Waals surface area (Å²) in [5, 5.41) is 0. The highest BCUT2D eigenvalue weighted by Crippen LogP contribution is 2.33. The summed E-state index contributed by atoms with van der Waals surface area (Å²) in [6.07, 6.45) is 1.80. The molecule has 160 valence electrons. The van der Waals surface area contributed by atoms with Gasteiger partial charge in [0.1, 0.15) is 5.69 Å². The first-order valence-corrected chi connectivity index (χ1v) is 10.4. The summed E-state index contributed by atoms with van der Waals surface area (Å²) >= 11 is 0. The first-order valence-electron chi connectivity index (χ1n) is 10.4. The van der Waals surface area contributed by atoms with E-state index in [1.54, 1.807) is 18.7 Å². The van der Waals surface area contributed by atoms with Gasteiger partial charge in [-0.25, -0.2) is 4.79 Å². The van der Waals surface area contributed by atoms with E-state index in [0.717, 1.165) is 24.1 Å². The number of aryl methyl sites for hydroxylation is 1. The molecular weight excluding hydrogens is 380 g/mol. The van der Waals surface area contributed by atoms with E-state index in [1.807, 2.05) is 49.6 Å². The number of rotatable bonds is 7. The second-order valence-corrected chi connectivity index (χ2v) is 8.02. The summed E-state index contributed by atoms with van der Waals surface area (Å²) < 4.78 is 6.74. The minimum atomic E-state index is -0.623. The molecule has 2 aromatic rings.